The van der Waals surface area contributed by atoms with Crippen molar-refractivity contribution in [2.75, 3.05) is 0 Å². The lowest BCUT2D eigenvalue weighted by atomic mass is 9.94. The Hall–Kier alpha value is -0.850. The Balaban J connectivity index is 2.22. The van der Waals surface area contributed by atoms with Gasteiger partial charge in [0.1, 0.15) is 0 Å². The van der Waals surface area contributed by atoms with Crippen molar-refractivity contribution in [2.24, 2.45) is 5.92 Å². The lowest BCUT2D eigenvalue weighted by Crippen LogP contribution is -2.01. The molecule has 1 unspecified atom stereocenters. The molecule has 0 aromatic rings. The highest BCUT2D eigenvalue weighted by Crippen LogP contribution is 2.34. The molecule has 0 N–H and O–H groups in total. The fraction of sp³-hybridized carbons (Fsp3) is 0.545. The molecule has 0 aromatic carbocycles. The van der Waals surface area contributed by atoms with Crippen LogP contribution in [-0.4, -0.2) is 5.78 Å². The molecular weight excluding hydrogens is 148 g/mol. The lowest BCUT2D eigenvalue weighted by molar-refractivity contribution is -0.110. The second-order valence-electron chi connectivity index (χ2n) is 3.69. The highest BCUT2D eigenvalue weighted by Gasteiger charge is 2.21. The van der Waals surface area contributed by atoms with Gasteiger partial charge in [-0.15, -0.1) is 0 Å². The van der Waals surface area contributed by atoms with Crippen molar-refractivity contribution in [3.05, 3.63) is 23.8 Å². The Morgan fingerprint density at radius 1 is 1.33 bits per heavy atom. The van der Waals surface area contributed by atoms with Crippen molar-refractivity contribution in [2.45, 2.75) is 32.1 Å². The topological polar surface area (TPSA) is 17.1 Å². The Bertz CT molecular complexity index is 248. The monoisotopic (exact) mass is 162 g/mol. The number of fused-ring (bicyclic) bond motifs is 1. The summed E-state index contributed by atoms with van der Waals surface area (Å²) in [6.45, 7) is 0. The molecule has 0 heterocycles. The molecule has 0 radical (unpaired) electrons. The molecule has 0 aromatic heterocycles. The van der Waals surface area contributed by atoms with Gasteiger partial charge in [-0.1, -0.05) is 11.6 Å². The van der Waals surface area contributed by atoms with Gasteiger partial charge in [-0.25, -0.2) is 0 Å². The van der Waals surface area contributed by atoms with Gasteiger partial charge in [-0.05, 0) is 50.2 Å². The van der Waals surface area contributed by atoms with Gasteiger partial charge in [0.2, 0.25) is 0 Å². The molecule has 1 atom stereocenters. The first kappa shape index (κ1) is 7.78. The summed E-state index contributed by atoms with van der Waals surface area (Å²) in [6.07, 6.45) is 11.6. The summed E-state index contributed by atoms with van der Waals surface area (Å²) in [4.78, 5) is 11.2. The standard InChI is InChI=1S/C11H14O/c12-11-7-2-1-4-9-5-3-6-10(9)8-11/h2,7-9H,1,3-6H2/b7-2-,10-8-. The molecule has 1 heteroatoms. The van der Waals surface area contributed by atoms with Crippen LogP contribution in [0.1, 0.15) is 32.1 Å². The number of ketones is 1. The number of allylic oxidation sites excluding steroid dienone is 4. The zero-order valence-corrected chi connectivity index (χ0v) is 7.25. The molecular formula is C11H14O. The summed E-state index contributed by atoms with van der Waals surface area (Å²) in [6, 6.07) is 0. The number of rotatable bonds is 0. The van der Waals surface area contributed by atoms with E-state index in [9.17, 15) is 4.79 Å². The minimum Gasteiger partial charge on any atom is -0.290 e. The second-order valence-corrected chi connectivity index (χ2v) is 3.69. The summed E-state index contributed by atoms with van der Waals surface area (Å²) in [7, 11) is 0. The van der Waals surface area contributed by atoms with Crippen LogP contribution < -0.4 is 0 Å². The van der Waals surface area contributed by atoms with Gasteiger partial charge in [0.25, 0.3) is 0 Å². The predicted molar refractivity (Wildman–Crippen MR) is 48.8 cm³/mol. The van der Waals surface area contributed by atoms with E-state index in [1.807, 2.05) is 12.2 Å². The fourth-order valence-corrected chi connectivity index (χ4v) is 2.19. The van der Waals surface area contributed by atoms with Crippen LogP contribution in [0.4, 0.5) is 0 Å². The molecule has 0 amide bonds. The van der Waals surface area contributed by atoms with Gasteiger partial charge in [-0.2, -0.15) is 0 Å². The maximum Gasteiger partial charge on any atom is 0.178 e. The van der Waals surface area contributed by atoms with Crippen LogP contribution in [0.2, 0.25) is 0 Å². The molecule has 12 heavy (non-hydrogen) atoms. The maximum atomic E-state index is 11.2. The van der Waals surface area contributed by atoms with Crippen LogP contribution in [0.3, 0.4) is 0 Å². The van der Waals surface area contributed by atoms with Crippen LogP contribution >= 0.6 is 0 Å². The minimum absolute atomic E-state index is 0.191. The highest BCUT2D eigenvalue weighted by atomic mass is 16.1. The Labute approximate surface area is 73.2 Å². The van der Waals surface area contributed by atoms with Crippen LogP contribution in [0.5, 0.6) is 0 Å². The third kappa shape index (κ3) is 1.50. The first-order valence-corrected chi connectivity index (χ1v) is 4.77. The number of carbonyl (C=O) groups is 1. The largest absolute Gasteiger partial charge is 0.290 e. The van der Waals surface area contributed by atoms with Crippen LogP contribution in [-0.2, 0) is 4.79 Å². The zero-order valence-electron chi connectivity index (χ0n) is 7.25. The van der Waals surface area contributed by atoms with Crippen molar-refractivity contribution in [3.63, 3.8) is 0 Å². The molecule has 64 valence electrons. The molecule has 0 bridgehead atoms. The SMILES string of the molecule is O=C1/C=C\CCC2CCC/C2=C/1. The van der Waals surface area contributed by atoms with Crippen LogP contribution in [0.15, 0.2) is 23.8 Å². The van der Waals surface area contributed by atoms with Crippen molar-refractivity contribution in [1.29, 1.82) is 0 Å². The first-order valence-electron chi connectivity index (χ1n) is 4.77. The van der Waals surface area contributed by atoms with Crippen molar-refractivity contribution in [1.82, 2.24) is 0 Å². The molecule has 0 saturated heterocycles. The maximum absolute atomic E-state index is 11.2. The van der Waals surface area contributed by atoms with Crippen LogP contribution in [0, 0.1) is 5.92 Å². The average molecular weight is 162 g/mol. The molecule has 1 fully saturated rings. The molecule has 2 aliphatic rings. The summed E-state index contributed by atoms with van der Waals surface area (Å²) in [5.74, 6) is 0.912. The Kier molecular flexibility index (Phi) is 2.11. The molecule has 2 aliphatic carbocycles. The summed E-state index contributed by atoms with van der Waals surface area (Å²) in [5, 5.41) is 0. The number of hydrogen-bond donors (Lipinski definition) is 0. The highest BCUT2D eigenvalue weighted by molar-refractivity contribution is 5.99. The van der Waals surface area contributed by atoms with Gasteiger partial charge in [-0.3, -0.25) is 4.79 Å². The summed E-state index contributed by atoms with van der Waals surface area (Å²) < 4.78 is 0. The van der Waals surface area contributed by atoms with E-state index in [2.05, 4.69) is 0 Å². The summed E-state index contributed by atoms with van der Waals surface area (Å²) in [5.41, 5.74) is 1.41. The minimum atomic E-state index is 0.191. The van der Waals surface area contributed by atoms with Crippen molar-refractivity contribution >= 4 is 5.78 Å². The quantitative estimate of drug-likeness (QED) is 0.535. The Morgan fingerprint density at radius 3 is 3.17 bits per heavy atom. The van der Waals surface area contributed by atoms with E-state index in [0.29, 0.717) is 0 Å². The van der Waals surface area contributed by atoms with Gasteiger partial charge < -0.3 is 0 Å². The van der Waals surface area contributed by atoms with Gasteiger partial charge in [0.15, 0.2) is 5.78 Å². The zero-order chi connectivity index (χ0) is 8.39. The smallest absolute Gasteiger partial charge is 0.178 e. The fourth-order valence-electron chi connectivity index (χ4n) is 2.19. The Morgan fingerprint density at radius 2 is 2.25 bits per heavy atom. The molecule has 1 nitrogen and oxygen atoms in total. The van der Waals surface area contributed by atoms with E-state index in [1.54, 1.807) is 6.08 Å². The molecule has 1 saturated carbocycles. The third-order valence-corrected chi connectivity index (χ3v) is 2.83. The number of hydrogen-bond acceptors (Lipinski definition) is 1. The van der Waals surface area contributed by atoms with E-state index in [0.717, 1.165) is 18.8 Å². The lowest BCUT2D eigenvalue weighted by Gasteiger charge is -2.11. The molecule has 0 aliphatic heterocycles. The van der Waals surface area contributed by atoms with E-state index in [-0.39, 0.29) is 5.78 Å². The predicted octanol–water partition coefficient (Wildman–Crippen LogP) is 2.63. The van der Waals surface area contributed by atoms with E-state index < -0.39 is 0 Å². The van der Waals surface area contributed by atoms with Crippen molar-refractivity contribution in [3.8, 4) is 0 Å². The van der Waals surface area contributed by atoms with E-state index >= 15 is 0 Å². The van der Waals surface area contributed by atoms with E-state index in [4.69, 9.17) is 0 Å². The third-order valence-electron chi connectivity index (χ3n) is 2.83. The summed E-state index contributed by atoms with van der Waals surface area (Å²) >= 11 is 0. The van der Waals surface area contributed by atoms with Gasteiger partial charge in [0, 0.05) is 0 Å². The van der Waals surface area contributed by atoms with Gasteiger partial charge >= 0.3 is 0 Å². The normalized spacial score (nSPS) is 36.2. The number of carbonyl (C=O) groups excluding carboxylic acids is 1. The second kappa shape index (κ2) is 3.26. The van der Waals surface area contributed by atoms with E-state index in [1.165, 1.54) is 24.8 Å². The molecule has 0 spiro atoms. The van der Waals surface area contributed by atoms with Gasteiger partial charge in [0.05, 0.1) is 0 Å². The van der Waals surface area contributed by atoms with Crippen molar-refractivity contribution < 1.29 is 4.79 Å². The van der Waals surface area contributed by atoms with Crippen LogP contribution in [0.25, 0.3) is 0 Å². The average Bonchev–Trinajstić information content (AvgIpc) is 2.42. The first-order chi connectivity index (χ1) is 5.86. The molecule has 2 rings (SSSR count).